The van der Waals surface area contributed by atoms with Crippen molar-refractivity contribution < 1.29 is 65.1 Å². The van der Waals surface area contributed by atoms with Crippen LogP contribution in [0.4, 0.5) is 0 Å². The molecule has 0 aliphatic rings. The molecular weight excluding hydrogens is 1260 g/mol. The molecule has 13 heteroatoms. The van der Waals surface area contributed by atoms with Crippen LogP contribution in [0.25, 0.3) is 0 Å². The van der Waals surface area contributed by atoms with Crippen molar-refractivity contribution in [3.8, 4) is 28.7 Å². The minimum absolute atomic E-state index is 0.153. The smallest absolute Gasteiger partial charge is 0.331 e. The molecule has 0 spiro atoms. The van der Waals surface area contributed by atoms with Crippen molar-refractivity contribution in [1.82, 2.24) is 0 Å². The van der Waals surface area contributed by atoms with E-state index in [-0.39, 0.29) is 91.3 Å². The Bertz CT molecular complexity index is 3230. The standard InChI is InChI=1S/4C18H26O3.C16H26O/c4*1-11(16(20)21)8-12-9-13(17(2,3)4)15(19)14(10-12)18(5,6)7;1-5-7-9-14-11-12(3)15(10-8-6-2)16(17)13(14)4/h4*9-10,19H,1,8H2,2-7H3,(H,20,21);11,17H,5-10H2,1-4H3. The van der Waals surface area contributed by atoms with Gasteiger partial charge in [-0.1, -0.05) is 274 Å². The van der Waals surface area contributed by atoms with Gasteiger partial charge in [0.1, 0.15) is 28.7 Å². The Morgan fingerprint density at radius 1 is 0.307 bits per heavy atom. The second-order valence-electron chi connectivity index (χ2n) is 35.5. The summed E-state index contributed by atoms with van der Waals surface area (Å²) in [5.74, 6) is -2.19. The normalized spacial score (nSPS) is 12.0. The highest BCUT2D eigenvalue weighted by molar-refractivity contribution is 5.88. The van der Waals surface area contributed by atoms with Crippen LogP contribution in [0.2, 0.25) is 0 Å². The minimum Gasteiger partial charge on any atom is -0.507 e. The molecule has 0 atom stereocenters. The van der Waals surface area contributed by atoms with Crippen molar-refractivity contribution in [3.05, 3.63) is 192 Å². The van der Waals surface area contributed by atoms with Crippen molar-refractivity contribution in [2.75, 3.05) is 0 Å². The summed E-state index contributed by atoms with van der Waals surface area (Å²) in [6.45, 7) is 71.7. The van der Waals surface area contributed by atoms with Crippen molar-refractivity contribution in [1.29, 1.82) is 0 Å². The number of carboxylic acid groups (broad SMARTS) is 4. The summed E-state index contributed by atoms with van der Waals surface area (Å²) in [5, 5.41) is 88.7. The van der Waals surface area contributed by atoms with Gasteiger partial charge in [0, 0.05) is 48.0 Å². The molecule has 0 radical (unpaired) electrons. The van der Waals surface area contributed by atoms with Crippen molar-refractivity contribution >= 4 is 23.9 Å². The first kappa shape index (κ1) is 91.0. The predicted octanol–water partition coefficient (Wildman–Crippen LogP) is 21.4. The fourth-order valence-corrected chi connectivity index (χ4v) is 11.4. The summed E-state index contributed by atoms with van der Waals surface area (Å²) in [4.78, 5) is 43.9. The van der Waals surface area contributed by atoms with Gasteiger partial charge in [-0.15, -0.1) is 0 Å². The maximum Gasteiger partial charge on any atom is 0.331 e. The summed E-state index contributed by atoms with van der Waals surface area (Å²) < 4.78 is 0. The minimum atomic E-state index is -0.988. The molecule has 0 fully saturated rings. The average molecular weight is 1400 g/mol. The fraction of sp³-hybridized carbons (Fsp3) is 0.523. The molecule has 0 aromatic heterocycles. The number of benzene rings is 5. The molecule has 0 unspecified atom stereocenters. The van der Waals surface area contributed by atoms with Crippen LogP contribution in [0, 0.1) is 13.8 Å². The summed E-state index contributed by atoms with van der Waals surface area (Å²) >= 11 is 0. The first-order valence-electron chi connectivity index (χ1n) is 35.4. The van der Waals surface area contributed by atoms with E-state index in [1.54, 1.807) is 0 Å². The van der Waals surface area contributed by atoms with E-state index in [0.717, 1.165) is 97.2 Å². The molecular formula is C88H130O13. The monoisotopic (exact) mass is 1390 g/mol. The molecule has 0 aliphatic heterocycles. The third kappa shape index (κ3) is 27.7. The molecule has 0 amide bonds. The predicted molar refractivity (Wildman–Crippen MR) is 419 cm³/mol. The highest BCUT2D eigenvalue weighted by Gasteiger charge is 2.32. The lowest BCUT2D eigenvalue weighted by Gasteiger charge is -2.28. The van der Waals surface area contributed by atoms with Crippen LogP contribution in [0.15, 0.2) is 103 Å². The van der Waals surface area contributed by atoms with E-state index < -0.39 is 23.9 Å². The number of carbonyl (C=O) groups is 4. The van der Waals surface area contributed by atoms with Crippen molar-refractivity contribution in [2.24, 2.45) is 0 Å². The van der Waals surface area contributed by atoms with E-state index in [4.69, 9.17) is 20.4 Å². The Kier molecular flexibility index (Phi) is 32.1. The van der Waals surface area contributed by atoms with Gasteiger partial charge in [0.2, 0.25) is 0 Å². The van der Waals surface area contributed by atoms with E-state index in [2.05, 4.69) is 60.1 Å². The van der Waals surface area contributed by atoms with E-state index in [1.165, 1.54) is 30.4 Å². The molecule has 0 saturated heterocycles. The van der Waals surface area contributed by atoms with Gasteiger partial charge < -0.3 is 46.0 Å². The van der Waals surface area contributed by atoms with Gasteiger partial charge in [-0.3, -0.25) is 0 Å². The number of unbranched alkanes of at least 4 members (excludes halogenated alkanes) is 2. The Morgan fingerprint density at radius 3 is 0.644 bits per heavy atom. The SMILES string of the molecule is C=C(Cc1cc(C(C)(C)C)c(O)c(C(C)(C)C)c1)C(=O)O.C=C(Cc1cc(C(C)(C)C)c(O)c(C(C)(C)C)c1)C(=O)O.C=C(Cc1cc(C(C)(C)C)c(O)c(C(C)(C)C)c1)C(=O)O.C=C(Cc1cc(C(C)(C)C)c(O)c(C(C)(C)C)c1)C(=O)O.CCCCc1cc(C)c(CCCC)c(O)c1C. The molecule has 560 valence electrons. The molecule has 9 N–H and O–H groups in total. The zero-order chi connectivity index (χ0) is 79.2. The van der Waals surface area contributed by atoms with Crippen LogP contribution in [0.1, 0.15) is 295 Å². The zero-order valence-electron chi connectivity index (χ0n) is 67.3. The maximum absolute atomic E-state index is 11.0. The molecule has 5 rings (SSSR count). The molecule has 0 heterocycles. The maximum atomic E-state index is 11.0. The lowest BCUT2D eigenvalue weighted by Crippen LogP contribution is -2.18. The van der Waals surface area contributed by atoms with Gasteiger partial charge in [-0.05, 0) is 172 Å². The van der Waals surface area contributed by atoms with Crippen LogP contribution in [-0.2, 0) is 101 Å². The Balaban J connectivity index is 0.000000632. The highest BCUT2D eigenvalue weighted by Crippen LogP contribution is 2.45. The van der Waals surface area contributed by atoms with Crippen LogP contribution >= 0.6 is 0 Å². The van der Waals surface area contributed by atoms with Crippen LogP contribution in [-0.4, -0.2) is 69.8 Å². The lowest BCUT2D eigenvalue weighted by molar-refractivity contribution is -0.133. The van der Waals surface area contributed by atoms with Crippen molar-refractivity contribution in [2.45, 2.75) is 301 Å². The fourth-order valence-electron chi connectivity index (χ4n) is 11.4. The topological polar surface area (TPSA) is 250 Å². The van der Waals surface area contributed by atoms with Gasteiger partial charge in [0.05, 0.1) is 0 Å². The highest BCUT2D eigenvalue weighted by atomic mass is 16.4. The van der Waals surface area contributed by atoms with Gasteiger partial charge >= 0.3 is 23.9 Å². The molecule has 101 heavy (non-hydrogen) atoms. The van der Waals surface area contributed by atoms with E-state index in [1.807, 2.05) is 215 Å². The zero-order valence-corrected chi connectivity index (χ0v) is 67.3. The third-order valence-corrected chi connectivity index (χ3v) is 17.6. The summed E-state index contributed by atoms with van der Waals surface area (Å²) in [6.07, 6.45) is 7.95. The van der Waals surface area contributed by atoms with Crippen LogP contribution in [0.3, 0.4) is 0 Å². The Morgan fingerprint density at radius 2 is 0.485 bits per heavy atom. The van der Waals surface area contributed by atoms with E-state index >= 15 is 0 Å². The summed E-state index contributed by atoms with van der Waals surface area (Å²) in [6, 6.07) is 17.4. The van der Waals surface area contributed by atoms with Crippen LogP contribution < -0.4 is 0 Å². The number of phenolic OH excluding ortho intramolecular Hbond substituents is 5. The average Bonchev–Trinajstić information content (AvgIpc) is 0.806. The molecule has 0 aliphatic carbocycles. The first-order valence-corrected chi connectivity index (χ1v) is 35.4. The van der Waals surface area contributed by atoms with Gasteiger partial charge in [0.15, 0.2) is 0 Å². The summed E-state index contributed by atoms with van der Waals surface area (Å²) in [7, 11) is 0. The molecule has 13 nitrogen and oxygen atoms in total. The Hall–Kier alpha value is -8.06. The molecule has 0 bridgehead atoms. The number of aryl methyl sites for hydroxylation is 2. The van der Waals surface area contributed by atoms with Gasteiger partial charge in [-0.2, -0.15) is 0 Å². The molecule has 0 saturated carbocycles. The molecule has 5 aromatic carbocycles. The van der Waals surface area contributed by atoms with Gasteiger partial charge in [0.25, 0.3) is 0 Å². The number of aliphatic carboxylic acids is 4. The summed E-state index contributed by atoms with van der Waals surface area (Å²) in [5.41, 5.74) is 13.9. The quantitative estimate of drug-likeness (QED) is 0.0371. The second kappa shape index (κ2) is 35.7. The number of hydrogen-bond acceptors (Lipinski definition) is 9. The first-order chi connectivity index (χ1) is 45.5. The van der Waals surface area contributed by atoms with E-state index in [0.29, 0.717) is 28.7 Å². The number of hydrogen-bond donors (Lipinski definition) is 9. The van der Waals surface area contributed by atoms with Crippen molar-refractivity contribution in [3.63, 3.8) is 0 Å². The van der Waals surface area contributed by atoms with Crippen LogP contribution in [0.5, 0.6) is 28.7 Å². The second-order valence-corrected chi connectivity index (χ2v) is 35.5. The number of phenols is 5. The molecule has 5 aromatic rings. The third-order valence-electron chi connectivity index (χ3n) is 17.6. The number of aromatic hydroxyl groups is 5. The Labute approximate surface area is 608 Å². The van der Waals surface area contributed by atoms with E-state index in [9.17, 15) is 44.7 Å². The lowest BCUT2D eigenvalue weighted by atomic mass is 9.78. The number of carboxylic acids is 4. The number of rotatable bonds is 18. The largest absolute Gasteiger partial charge is 0.507 e. The van der Waals surface area contributed by atoms with Gasteiger partial charge in [-0.25, -0.2) is 19.2 Å².